The summed E-state index contributed by atoms with van der Waals surface area (Å²) in [6.45, 7) is 5.20. The Morgan fingerprint density at radius 3 is 2.35 bits per heavy atom. The minimum absolute atomic E-state index is 0.00662. The molecule has 0 aliphatic carbocycles. The fourth-order valence-corrected chi connectivity index (χ4v) is 3.76. The van der Waals surface area contributed by atoms with Crippen molar-refractivity contribution in [3.05, 3.63) is 0 Å². The van der Waals surface area contributed by atoms with Crippen LogP contribution in [0.4, 0.5) is 0 Å². The van der Waals surface area contributed by atoms with Gasteiger partial charge in [0, 0.05) is 11.6 Å². The van der Waals surface area contributed by atoms with Crippen molar-refractivity contribution >= 4 is 21.7 Å². The first-order valence-corrected chi connectivity index (χ1v) is 8.29. The molecule has 7 nitrogen and oxygen atoms in total. The molecule has 0 radical (unpaired) electrons. The van der Waals surface area contributed by atoms with Crippen molar-refractivity contribution in [1.82, 2.24) is 10.2 Å². The maximum absolute atomic E-state index is 12.1. The average Bonchev–Trinajstić information content (AvgIpc) is 2.62. The molecule has 0 aromatic heterocycles. The number of sulfone groups is 1. The van der Waals surface area contributed by atoms with Gasteiger partial charge in [0.15, 0.2) is 9.84 Å². The number of hydrogen-bond acceptors (Lipinski definition) is 5. The van der Waals surface area contributed by atoms with E-state index in [1.807, 2.05) is 20.8 Å². The van der Waals surface area contributed by atoms with E-state index in [9.17, 15) is 18.0 Å². The van der Waals surface area contributed by atoms with Gasteiger partial charge < -0.3 is 15.3 Å². The largest absolute Gasteiger partial charge is 0.480 e. The number of rotatable bonds is 5. The van der Waals surface area contributed by atoms with Crippen LogP contribution in [0.2, 0.25) is 0 Å². The van der Waals surface area contributed by atoms with Crippen molar-refractivity contribution in [3.8, 4) is 0 Å². The second-order valence-electron chi connectivity index (χ2n) is 6.08. The van der Waals surface area contributed by atoms with Crippen molar-refractivity contribution in [2.24, 2.45) is 0 Å². The molecule has 1 fully saturated rings. The van der Waals surface area contributed by atoms with E-state index in [4.69, 9.17) is 5.11 Å². The molecule has 1 aliphatic rings. The van der Waals surface area contributed by atoms with Gasteiger partial charge in [-0.3, -0.25) is 9.59 Å². The Bertz CT molecular complexity index is 481. The predicted octanol–water partition coefficient (Wildman–Crippen LogP) is -0.525. The lowest BCUT2D eigenvalue weighted by Crippen LogP contribution is -2.50. The molecule has 1 rings (SSSR count). The molecule has 2 N–H and O–H groups in total. The Hall–Kier alpha value is -1.15. The maximum atomic E-state index is 12.1. The summed E-state index contributed by atoms with van der Waals surface area (Å²) < 4.78 is 22.9. The van der Waals surface area contributed by atoms with Crippen LogP contribution in [0, 0.1) is 0 Å². The number of carbonyl (C=O) groups is 2. The van der Waals surface area contributed by atoms with Gasteiger partial charge >= 0.3 is 5.97 Å². The fourth-order valence-electron chi connectivity index (χ4n) is 2.03. The highest BCUT2D eigenvalue weighted by Gasteiger charge is 2.35. The molecule has 1 aliphatic heterocycles. The minimum Gasteiger partial charge on any atom is -0.480 e. The summed E-state index contributed by atoms with van der Waals surface area (Å²) in [5, 5.41) is 11.9. The molecule has 1 heterocycles. The molecule has 116 valence electrons. The molecule has 0 aromatic rings. The molecular weight excluding hydrogens is 284 g/mol. The van der Waals surface area contributed by atoms with Crippen LogP contribution >= 0.6 is 0 Å². The number of hydrogen-bond donors (Lipinski definition) is 2. The van der Waals surface area contributed by atoms with Crippen molar-refractivity contribution < 1.29 is 23.1 Å². The summed E-state index contributed by atoms with van der Waals surface area (Å²) in [6.07, 6.45) is 0.302. The molecule has 0 spiro atoms. The standard InChI is InChI=1S/C12H22N2O5S/c1-12(2,3)13-6-10(15)14(7-11(16)17)9-4-5-20(18,19)8-9/h9,13H,4-8H2,1-3H3,(H,16,17). The fraction of sp³-hybridized carbons (Fsp3) is 0.833. The summed E-state index contributed by atoms with van der Waals surface area (Å²) >= 11 is 0. The number of carboxylic acid groups (broad SMARTS) is 1. The van der Waals surface area contributed by atoms with E-state index in [0.717, 1.165) is 4.90 Å². The molecule has 1 atom stereocenters. The maximum Gasteiger partial charge on any atom is 0.323 e. The molecule has 20 heavy (non-hydrogen) atoms. The van der Waals surface area contributed by atoms with Crippen molar-refractivity contribution in [2.45, 2.75) is 38.8 Å². The van der Waals surface area contributed by atoms with Gasteiger partial charge in [0.1, 0.15) is 6.54 Å². The number of nitrogens with one attached hydrogen (secondary N) is 1. The Kier molecular flexibility index (Phi) is 5.15. The van der Waals surface area contributed by atoms with Gasteiger partial charge in [0.25, 0.3) is 0 Å². The van der Waals surface area contributed by atoms with Crippen molar-refractivity contribution in [2.75, 3.05) is 24.6 Å². The average molecular weight is 306 g/mol. The van der Waals surface area contributed by atoms with Crippen LogP contribution in [-0.2, 0) is 19.4 Å². The van der Waals surface area contributed by atoms with Gasteiger partial charge in [0.2, 0.25) is 5.91 Å². The van der Waals surface area contributed by atoms with Crippen LogP contribution in [0.25, 0.3) is 0 Å². The molecule has 0 saturated carbocycles. The summed E-state index contributed by atoms with van der Waals surface area (Å²) in [5.41, 5.74) is -0.272. The number of nitrogens with zero attached hydrogens (tertiary/aromatic N) is 1. The highest BCUT2D eigenvalue weighted by molar-refractivity contribution is 7.91. The summed E-state index contributed by atoms with van der Waals surface area (Å²) in [4.78, 5) is 24.2. The van der Waals surface area contributed by atoms with Gasteiger partial charge in [0.05, 0.1) is 18.1 Å². The third-order valence-electron chi connectivity index (χ3n) is 3.05. The monoisotopic (exact) mass is 306 g/mol. The van der Waals surface area contributed by atoms with Gasteiger partial charge in [-0.2, -0.15) is 0 Å². The lowest BCUT2D eigenvalue weighted by Gasteiger charge is -2.28. The molecular formula is C12H22N2O5S. The molecule has 0 aromatic carbocycles. The van der Waals surface area contributed by atoms with E-state index in [2.05, 4.69) is 5.32 Å². The van der Waals surface area contributed by atoms with Crippen molar-refractivity contribution in [1.29, 1.82) is 0 Å². The van der Waals surface area contributed by atoms with Crippen LogP contribution in [0.5, 0.6) is 0 Å². The van der Waals surface area contributed by atoms with E-state index in [0.29, 0.717) is 6.42 Å². The summed E-state index contributed by atoms with van der Waals surface area (Å²) in [7, 11) is -3.16. The Balaban J connectivity index is 2.74. The normalized spacial score (nSPS) is 21.6. The lowest BCUT2D eigenvalue weighted by molar-refractivity contribution is -0.145. The minimum atomic E-state index is -3.16. The molecule has 0 bridgehead atoms. The van der Waals surface area contributed by atoms with E-state index in [-0.39, 0.29) is 29.5 Å². The first-order chi connectivity index (χ1) is 9.00. The van der Waals surface area contributed by atoms with Gasteiger partial charge in [-0.05, 0) is 27.2 Å². The first-order valence-electron chi connectivity index (χ1n) is 6.47. The Labute approximate surface area is 119 Å². The molecule has 1 amide bonds. The smallest absolute Gasteiger partial charge is 0.323 e. The van der Waals surface area contributed by atoms with E-state index < -0.39 is 28.4 Å². The van der Waals surface area contributed by atoms with Crippen LogP contribution in [-0.4, -0.2) is 66.5 Å². The Morgan fingerprint density at radius 1 is 1.35 bits per heavy atom. The zero-order chi connectivity index (χ0) is 15.6. The zero-order valence-corrected chi connectivity index (χ0v) is 12.9. The van der Waals surface area contributed by atoms with E-state index >= 15 is 0 Å². The number of aliphatic carboxylic acids is 1. The van der Waals surface area contributed by atoms with Crippen LogP contribution in [0.1, 0.15) is 27.2 Å². The van der Waals surface area contributed by atoms with Gasteiger partial charge in [-0.1, -0.05) is 0 Å². The third kappa shape index (κ3) is 5.46. The molecule has 1 unspecified atom stereocenters. The summed E-state index contributed by atoms with van der Waals surface area (Å²) in [6, 6.07) is -0.537. The quantitative estimate of drug-likeness (QED) is 0.708. The Morgan fingerprint density at radius 2 is 1.95 bits per heavy atom. The second-order valence-corrected chi connectivity index (χ2v) is 8.30. The topological polar surface area (TPSA) is 104 Å². The third-order valence-corrected chi connectivity index (χ3v) is 4.80. The first kappa shape index (κ1) is 16.9. The number of amides is 1. The second kappa shape index (κ2) is 6.09. The number of carbonyl (C=O) groups excluding carboxylic acids is 1. The molecule has 1 saturated heterocycles. The molecule has 8 heteroatoms. The number of carboxylic acids is 1. The highest BCUT2D eigenvalue weighted by atomic mass is 32.2. The predicted molar refractivity (Wildman–Crippen MR) is 74.2 cm³/mol. The van der Waals surface area contributed by atoms with E-state index in [1.165, 1.54) is 0 Å². The SMILES string of the molecule is CC(C)(C)NCC(=O)N(CC(=O)O)C1CCS(=O)(=O)C1. The summed E-state index contributed by atoms with van der Waals surface area (Å²) in [5.74, 6) is -1.67. The zero-order valence-electron chi connectivity index (χ0n) is 12.0. The van der Waals surface area contributed by atoms with E-state index in [1.54, 1.807) is 0 Å². The van der Waals surface area contributed by atoms with Crippen LogP contribution in [0.3, 0.4) is 0 Å². The van der Waals surface area contributed by atoms with Gasteiger partial charge in [-0.15, -0.1) is 0 Å². The van der Waals surface area contributed by atoms with Gasteiger partial charge in [-0.25, -0.2) is 8.42 Å². The van der Waals surface area contributed by atoms with Crippen LogP contribution in [0.15, 0.2) is 0 Å². The lowest BCUT2D eigenvalue weighted by atomic mass is 10.1. The highest BCUT2D eigenvalue weighted by Crippen LogP contribution is 2.18. The van der Waals surface area contributed by atoms with Crippen molar-refractivity contribution in [3.63, 3.8) is 0 Å². The van der Waals surface area contributed by atoms with Crippen LogP contribution < -0.4 is 5.32 Å².